The number of nitrogens with two attached hydrogens (primary N) is 1. The molecule has 0 aliphatic rings. The minimum Gasteiger partial charge on any atom is -0.399 e. The van der Waals surface area contributed by atoms with Crippen molar-refractivity contribution in [2.45, 2.75) is 6.42 Å². The third kappa shape index (κ3) is 2.92. The van der Waals surface area contributed by atoms with Crippen molar-refractivity contribution in [3.05, 3.63) is 29.8 Å². The Hall–Kier alpha value is -1.10. The van der Waals surface area contributed by atoms with Crippen LogP contribution >= 0.6 is 0 Å². The van der Waals surface area contributed by atoms with Gasteiger partial charge in [0.05, 0.1) is 19.8 Å². The Morgan fingerprint density at radius 1 is 0.933 bits per heavy atom. The fourth-order valence-corrected chi connectivity index (χ4v) is 1.39. The molecule has 5 N–H and O–H groups in total. The van der Waals surface area contributed by atoms with E-state index >= 15 is 0 Å². The molecule has 0 aromatic heterocycles. The first-order valence-corrected chi connectivity index (χ1v) is 4.83. The van der Waals surface area contributed by atoms with Crippen LogP contribution in [0.15, 0.2) is 24.3 Å². The summed E-state index contributed by atoms with van der Waals surface area (Å²) in [4.78, 5) is 0. The van der Waals surface area contributed by atoms with Gasteiger partial charge in [0.25, 0.3) is 0 Å². The minimum absolute atomic E-state index is 0.246. The molecule has 0 aliphatic heterocycles. The van der Waals surface area contributed by atoms with Crippen LogP contribution in [0.1, 0.15) is 5.56 Å². The van der Waals surface area contributed by atoms with E-state index in [-0.39, 0.29) is 19.8 Å². The molecular weight excluding hydrogens is 194 g/mol. The van der Waals surface area contributed by atoms with Crippen molar-refractivity contribution in [1.82, 2.24) is 0 Å². The molecule has 1 rings (SSSR count). The van der Waals surface area contributed by atoms with Gasteiger partial charge >= 0.3 is 0 Å². The molecular formula is C11H17NO3. The van der Waals surface area contributed by atoms with E-state index in [0.717, 1.165) is 5.56 Å². The number of aliphatic hydroxyl groups is 3. The van der Waals surface area contributed by atoms with Gasteiger partial charge in [0.1, 0.15) is 0 Å². The summed E-state index contributed by atoms with van der Waals surface area (Å²) in [5, 5.41) is 27.4. The molecule has 1 aromatic rings. The Labute approximate surface area is 89.0 Å². The van der Waals surface area contributed by atoms with Crippen LogP contribution in [0.4, 0.5) is 5.69 Å². The Kier molecular flexibility index (Phi) is 4.08. The van der Waals surface area contributed by atoms with Gasteiger partial charge in [-0.15, -0.1) is 0 Å². The van der Waals surface area contributed by atoms with Gasteiger partial charge in [-0.05, 0) is 24.1 Å². The Bertz CT molecular complexity index is 285. The van der Waals surface area contributed by atoms with E-state index < -0.39 is 5.41 Å². The Morgan fingerprint density at radius 3 is 1.80 bits per heavy atom. The van der Waals surface area contributed by atoms with Crippen LogP contribution in [0.2, 0.25) is 0 Å². The first-order valence-electron chi connectivity index (χ1n) is 4.83. The van der Waals surface area contributed by atoms with Crippen LogP contribution in [0.5, 0.6) is 0 Å². The summed E-state index contributed by atoms with van der Waals surface area (Å²) >= 11 is 0. The van der Waals surface area contributed by atoms with Crippen molar-refractivity contribution in [3.63, 3.8) is 0 Å². The van der Waals surface area contributed by atoms with E-state index in [9.17, 15) is 0 Å². The molecule has 1 aromatic carbocycles. The minimum atomic E-state index is -0.851. The fourth-order valence-electron chi connectivity index (χ4n) is 1.39. The van der Waals surface area contributed by atoms with Gasteiger partial charge in [-0.25, -0.2) is 0 Å². The summed E-state index contributed by atoms with van der Waals surface area (Å²) in [6.07, 6.45) is 0.427. The maximum absolute atomic E-state index is 9.15. The van der Waals surface area contributed by atoms with E-state index in [1.807, 2.05) is 12.1 Å². The second kappa shape index (κ2) is 5.11. The second-order valence-electron chi connectivity index (χ2n) is 3.89. The normalized spacial score (nSPS) is 11.7. The number of anilines is 1. The zero-order valence-electron chi connectivity index (χ0n) is 8.56. The summed E-state index contributed by atoms with van der Waals surface area (Å²) in [6, 6.07) is 7.16. The van der Waals surface area contributed by atoms with E-state index in [0.29, 0.717) is 12.1 Å². The predicted octanol–water partition coefficient (Wildman–Crippen LogP) is -0.225. The molecule has 0 unspecified atom stereocenters. The largest absolute Gasteiger partial charge is 0.399 e. The molecule has 84 valence electrons. The Balaban J connectivity index is 2.78. The molecule has 0 heterocycles. The standard InChI is InChI=1S/C11H17NO3/c12-10-3-1-9(2-4-10)5-11(6-13,7-14)8-15/h1-4,13-15H,5-8,12H2. The van der Waals surface area contributed by atoms with Crippen molar-refractivity contribution < 1.29 is 15.3 Å². The monoisotopic (exact) mass is 211 g/mol. The van der Waals surface area contributed by atoms with Crippen molar-refractivity contribution in [1.29, 1.82) is 0 Å². The predicted molar refractivity (Wildman–Crippen MR) is 58.2 cm³/mol. The quantitative estimate of drug-likeness (QED) is 0.507. The third-order valence-electron chi connectivity index (χ3n) is 2.57. The first-order chi connectivity index (χ1) is 7.15. The van der Waals surface area contributed by atoms with Gasteiger partial charge < -0.3 is 21.1 Å². The molecule has 0 aliphatic carbocycles. The summed E-state index contributed by atoms with van der Waals surface area (Å²) in [5.41, 5.74) is 6.29. The summed E-state index contributed by atoms with van der Waals surface area (Å²) < 4.78 is 0. The van der Waals surface area contributed by atoms with Crippen LogP contribution in [0, 0.1) is 5.41 Å². The molecule has 15 heavy (non-hydrogen) atoms. The van der Waals surface area contributed by atoms with Crippen LogP contribution in [-0.4, -0.2) is 35.1 Å². The van der Waals surface area contributed by atoms with Crippen LogP contribution in [0.3, 0.4) is 0 Å². The number of benzene rings is 1. The zero-order chi connectivity index (χ0) is 11.3. The van der Waals surface area contributed by atoms with Crippen molar-refractivity contribution in [2.24, 2.45) is 5.41 Å². The van der Waals surface area contributed by atoms with Crippen LogP contribution in [0.25, 0.3) is 0 Å². The Morgan fingerprint density at radius 2 is 1.40 bits per heavy atom. The SMILES string of the molecule is Nc1ccc(CC(CO)(CO)CO)cc1. The smallest absolute Gasteiger partial charge is 0.0534 e. The van der Waals surface area contributed by atoms with Gasteiger partial charge in [0.15, 0.2) is 0 Å². The highest BCUT2D eigenvalue weighted by Crippen LogP contribution is 2.22. The number of aliphatic hydroxyl groups excluding tert-OH is 3. The van der Waals surface area contributed by atoms with Gasteiger partial charge in [-0.1, -0.05) is 12.1 Å². The molecule has 0 bridgehead atoms. The second-order valence-corrected chi connectivity index (χ2v) is 3.89. The molecule has 0 saturated carbocycles. The number of rotatable bonds is 5. The van der Waals surface area contributed by atoms with Gasteiger partial charge in [-0.2, -0.15) is 0 Å². The molecule has 4 heteroatoms. The van der Waals surface area contributed by atoms with Crippen molar-refractivity contribution >= 4 is 5.69 Å². The lowest BCUT2D eigenvalue weighted by atomic mass is 9.84. The fraction of sp³-hybridized carbons (Fsp3) is 0.455. The molecule has 0 atom stereocenters. The lowest BCUT2D eigenvalue weighted by Gasteiger charge is -2.27. The van der Waals surface area contributed by atoms with Crippen LogP contribution < -0.4 is 5.73 Å². The topological polar surface area (TPSA) is 86.7 Å². The van der Waals surface area contributed by atoms with Gasteiger partial charge in [-0.3, -0.25) is 0 Å². The van der Waals surface area contributed by atoms with E-state index in [1.54, 1.807) is 12.1 Å². The van der Waals surface area contributed by atoms with Crippen LogP contribution in [-0.2, 0) is 6.42 Å². The molecule has 0 radical (unpaired) electrons. The van der Waals surface area contributed by atoms with Crippen molar-refractivity contribution in [3.8, 4) is 0 Å². The van der Waals surface area contributed by atoms with Gasteiger partial charge in [0.2, 0.25) is 0 Å². The summed E-state index contributed by atoms with van der Waals surface area (Å²) in [5.74, 6) is 0. The van der Waals surface area contributed by atoms with E-state index in [2.05, 4.69) is 0 Å². The zero-order valence-corrected chi connectivity index (χ0v) is 8.56. The number of hydrogen-bond acceptors (Lipinski definition) is 4. The third-order valence-corrected chi connectivity index (χ3v) is 2.57. The average molecular weight is 211 g/mol. The summed E-state index contributed by atoms with van der Waals surface area (Å²) in [7, 11) is 0. The maximum Gasteiger partial charge on any atom is 0.0534 e. The van der Waals surface area contributed by atoms with Gasteiger partial charge in [0, 0.05) is 11.1 Å². The number of hydrogen-bond donors (Lipinski definition) is 4. The lowest BCUT2D eigenvalue weighted by molar-refractivity contribution is 0.00600. The lowest BCUT2D eigenvalue weighted by Crippen LogP contribution is -2.36. The van der Waals surface area contributed by atoms with Crippen molar-refractivity contribution in [2.75, 3.05) is 25.6 Å². The maximum atomic E-state index is 9.15. The highest BCUT2D eigenvalue weighted by molar-refractivity contribution is 5.39. The number of nitrogen functional groups attached to an aromatic ring is 1. The molecule has 0 amide bonds. The first kappa shape index (κ1) is 12.0. The highest BCUT2D eigenvalue weighted by Gasteiger charge is 2.28. The molecule has 0 fully saturated rings. The van der Waals surface area contributed by atoms with E-state index in [1.165, 1.54) is 0 Å². The molecule has 4 nitrogen and oxygen atoms in total. The average Bonchev–Trinajstić information content (AvgIpc) is 2.29. The summed E-state index contributed by atoms with van der Waals surface area (Å²) in [6.45, 7) is -0.737. The highest BCUT2D eigenvalue weighted by atomic mass is 16.3. The molecule has 0 spiro atoms. The molecule has 0 saturated heterocycles. The van der Waals surface area contributed by atoms with E-state index in [4.69, 9.17) is 21.1 Å².